The Labute approximate surface area is 153 Å². The molecule has 3 atom stereocenters. The van der Waals surface area contributed by atoms with Gasteiger partial charge in [-0.05, 0) is 39.5 Å². The Morgan fingerprint density at radius 2 is 1.96 bits per heavy atom. The second-order valence-electron chi connectivity index (χ2n) is 6.98. The molecule has 1 aliphatic rings. The summed E-state index contributed by atoms with van der Waals surface area (Å²) in [4.78, 5) is 25.5. The highest BCUT2D eigenvalue weighted by atomic mass is 32.2. The van der Waals surface area contributed by atoms with Crippen LogP contribution in [0.25, 0.3) is 0 Å². The molecule has 1 aromatic heterocycles. The summed E-state index contributed by atoms with van der Waals surface area (Å²) in [6.07, 6.45) is 1.05. The molecular formula is C16H26N4O5S. The van der Waals surface area contributed by atoms with E-state index in [2.05, 4.69) is 9.82 Å². The van der Waals surface area contributed by atoms with Gasteiger partial charge in [-0.25, -0.2) is 13.2 Å². The molecule has 0 bridgehead atoms. The van der Waals surface area contributed by atoms with Crippen LogP contribution in [0.15, 0.2) is 4.90 Å². The lowest BCUT2D eigenvalue weighted by Gasteiger charge is -2.37. The van der Waals surface area contributed by atoms with Gasteiger partial charge in [0.25, 0.3) is 0 Å². The van der Waals surface area contributed by atoms with Crippen LogP contribution in [0.3, 0.4) is 0 Å². The van der Waals surface area contributed by atoms with Crippen molar-refractivity contribution in [1.82, 2.24) is 19.4 Å². The molecule has 146 valence electrons. The lowest BCUT2D eigenvalue weighted by atomic mass is 9.92. The van der Waals surface area contributed by atoms with Crippen molar-refractivity contribution < 1.29 is 23.1 Å². The number of sulfonamides is 1. The molecule has 0 radical (unpaired) electrons. The topological polar surface area (TPSA) is 122 Å². The number of carboxylic acids is 1. The number of aromatic nitrogens is 2. The van der Waals surface area contributed by atoms with Crippen molar-refractivity contribution in [3.8, 4) is 0 Å². The summed E-state index contributed by atoms with van der Waals surface area (Å²) in [5.41, 5.74) is 0.803. The second-order valence-corrected chi connectivity index (χ2v) is 8.63. The van der Waals surface area contributed by atoms with Crippen molar-refractivity contribution in [1.29, 1.82) is 0 Å². The van der Waals surface area contributed by atoms with E-state index < -0.39 is 34.0 Å². The average molecular weight is 386 g/mol. The van der Waals surface area contributed by atoms with E-state index in [1.807, 2.05) is 6.92 Å². The number of likely N-dealkylation sites (tertiary alicyclic amines) is 1. The smallest absolute Gasteiger partial charge is 0.326 e. The number of carboxylic acid groups (broad SMARTS) is 1. The molecule has 3 unspecified atom stereocenters. The number of nitrogens with zero attached hydrogens (tertiary/aromatic N) is 3. The summed E-state index contributed by atoms with van der Waals surface area (Å²) in [7, 11) is -2.32. The lowest BCUT2D eigenvalue weighted by Crippen LogP contribution is -2.55. The number of nitrogens with one attached hydrogen (secondary N) is 1. The molecule has 2 N–H and O–H groups in total. The highest BCUT2D eigenvalue weighted by Crippen LogP contribution is 2.24. The SMILES string of the molecule is Cc1nn(C)c(C)c1S(=O)(=O)NC(C)C(=O)N1CCC(C)CC1C(=O)O. The fraction of sp³-hybridized carbons (Fsp3) is 0.688. The van der Waals surface area contributed by atoms with E-state index in [1.54, 1.807) is 20.9 Å². The van der Waals surface area contributed by atoms with Crippen LogP contribution in [0, 0.1) is 19.8 Å². The molecule has 10 heteroatoms. The number of aryl methyl sites for hydroxylation is 2. The monoisotopic (exact) mass is 386 g/mol. The molecule has 0 saturated carbocycles. The molecule has 2 rings (SSSR count). The fourth-order valence-electron chi connectivity index (χ4n) is 3.37. The number of carbonyl (C=O) groups excluding carboxylic acids is 1. The van der Waals surface area contributed by atoms with Gasteiger partial charge in [0.15, 0.2) is 0 Å². The molecule has 1 amide bonds. The first-order valence-electron chi connectivity index (χ1n) is 8.51. The summed E-state index contributed by atoms with van der Waals surface area (Å²) >= 11 is 0. The van der Waals surface area contributed by atoms with Crippen LogP contribution in [-0.4, -0.2) is 58.7 Å². The molecular weight excluding hydrogens is 360 g/mol. The maximum absolute atomic E-state index is 12.7. The van der Waals surface area contributed by atoms with Crippen molar-refractivity contribution in [3.05, 3.63) is 11.4 Å². The lowest BCUT2D eigenvalue weighted by molar-refractivity contribution is -0.153. The predicted molar refractivity (Wildman–Crippen MR) is 94.0 cm³/mol. The Kier molecular flexibility index (Phi) is 5.76. The molecule has 0 aromatic carbocycles. The van der Waals surface area contributed by atoms with E-state index in [-0.39, 0.29) is 10.8 Å². The molecule has 2 heterocycles. The molecule has 0 aliphatic carbocycles. The third-order valence-electron chi connectivity index (χ3n) is 4.85. The number of hydrogen-bond donors (Lipinski definition) is 2. The van der Waals surface area contributed by atoms with Crippen molar-refractivity contribution in [2.24, 2.45) is 13.0 Å². The first-order chi connectivity index (χ1) is 12.0. The number of rotatable bonds is 5. The predicted octanol–water partition coefficient (Wildman–Crippen LogP) is 0.415. The van der Waals surface area contributed by atoms with Gasteiger partial charge in [-0.2, -0.15) is 9.82 Å². The zero-order chi connectivity index (χ0) is 19.8. The number of carbonyl (C=O) groups is 2. The van der Waals surface area contributed by atoms with E-state index in [0.29, 0.717) is 30.8 Å². The van der Waals surface area contributed by atoms with Crippen LogP contribution in [0.4, 0.5) is 0 Å². The van der Waals surface area contributed by atoms with E-state index in [0.717, 1.165) is 0 Å². The standard InChI is InChI=1S/C16H26N4O5S/c1-9-6-7-20(13(8-9)16(22)23)15(21)11(3)18-26(24,25)14-10(2)17-19(5)12(14)4/h9,11,13,18H,6-8H2,1-5H3,(H,22,23). The van der Waals surface area contributed by atoms with Crippen molar-refractivity contribution in [2.45, 2.75) is 57.5 Å². The van der Waals surface area contributed by atoms with Gasteiger partial charge in [0.1, 0.15) is 10.9 Å². The number of hydrogen-bond acceptors (Lipinski definition) is 5. The van der Waals surface area contributed by atoms with Gasteiger partial charge in [-0.3, -0.25) is 9.48 Å². The Bertz CT molecular complexity index is 817. The molecule has 9 nitrogen and oxygen atoms in total. The molecule has 1 aliphatic heterocycles. The summed E-state index contributed by atoms with van der Waals surface area (Å²) in [5, 5.41) is 13.5. The minimum atomic E-state index is -3.96. The zero-order valence-electron chi connectivity index (χ0n) is 15.7. The van der Waals surface area contributed by atoms with E-state index in [4.69, 9.17) is 0 Å². The van der Waals surface area contributed by atoms with Crippen molar-refractivity contribution in [3.63, 3.8) is 0 Å². The first kappa shape index (κ1) is 20.4. The summed E-state index contributed by atoms with van der Waals surface area (Å²) in [6, 6.07) is -2.01. The molecule has 1 fully saturated rings. The van der Waals surface area contributed by atoms with Crippen LogP contribution in [-0.2, 0) is 26.7 Å². The minimum Gasteiger partial charge on any atom is -0.480 e. The highest BCUT2D eigenvalue weighted by Gasteiger charge is 2.38. The third kappa shape index (κ3) is 3.90. The van der Waals surface area contributed by atoms with Gasteiger partial charge in [0.2, 0.25) is 15.9 Å². The van der Waals surface area contributed by atoms with Crippen molar-refractivity contribution in [2.75, 3.05) is 6.54 Å². The molecule has 26 heavy (non-hydrogen) atoms. The Hall–Kier alpha value is -1.94. The van der Waals surface area contributed by atoms with Gasteiger partial charge >= 0.3 is 5.97 Å². The Morgan fingerprint density at radius 3 is 2.46 bits per heavy atom. The summed E-state index contributed by atoms with van der Waals surface area (Å²) < 4.78 is 29.2. The molecule has 1 aromatic rings. The Morgan fingerprint density at radius 1 is 1.35 bits per heavy atom. The van der Waals surface area contributed by atoms with E-state index >= 15 is 0 Å². The van der Waals surface area contributed by atoms with E-state index in [1.165, 1.54) is 16.5 Å². The maximum Gasteiger partial charge on any atom is 0.326 e. The minimum absolute atomic E-state index is 0.0432. The second kappa shape index (κ2) is 7.36. The van der Waals surface area contributed by atoms with Crippen LogP contribution >= 0.6 is 0 Å². The summed E-state index contributed by atoms with van der Waals surface area (Å²) in [6.45, 7) is 6.89. The van der Waals surface area contributed by atoms with Gasteiger partial charge < -0.3 is 10.0 Å². The van der Waals surface area contributed by atoms with Gasteiger partial charge in [0, 0.05) is 13.6 Å². The number of aliphatic carboxylic acids is 1. The maximum atomic E-state index is 12.7. The largest absolute Gasteiger partial charge is 0.480 e. The van der Waals surface area contributed by atoms with Crippen LogP contribution in [0.1, 0.15) is 38.1 Å². The quantitative estimate of drug-likeness (QED) is 0.756. The van der Waals surface area contributed by atoms with Gasteiger partial charge in [-0.15, -0.1) is 0 Å². The normalized spacial score (nSPS) is 22.3. The van der Waals surface area contributed by atoms with Crippen LogP contribution in [0.2, 0.25) is 0 Å². The highest BCUT2D eigenvalue weighted by molar-refractivity contribution is 7.89. The summed E-state index contributed by atoms with van der Waals surface area (Å²) in [5.74, 6) is -1.40. The van der Waals surface area contributed by atoms with Crippen molar-refractivity contribution >= 4 is 21.9 Å². The molecule has 0 spiro atoms. The fourth-order valence-corrected chi connectivity index (χ4v) is 5.01. The van der Waals surface area contributed by atoms with Crippen LogP contribution < -0.4 is 4.72 Å². The molecule has 1 saturated heterocycles. The van der Waals surface area contributed by atoms with Crippen LogP contribution in [0.5, 0.6) is 0 Å². The van der Waals surface area contributed by atoms with E-state index in [9.17, 15) is 23.1 Å². The van der Waals surface area contributed by atoms with Gasteiger partial charge in [0.05, 0.1) is 17.4 Å². The number of piperidine rings is 1. The zero-order valence-corrected chi connectivity index (χ0v) is 16.5. The van der Waals surface area contributed by atoms with Gasteiger partial charge in [-0.1, -0.05) is 6.92 Å². The average Bonchev–Trinajstić information content (AvgIpc) is 2.79. The Balaban J connectivity index is 2.21. The number of amides is 1. The third-order valence-corrected chi connectivity index (χ3v) is 6.64. The first-order valence-corrected chi connectivity index (χ1v) is 9.99.